The highest BCUT2D eigenvalue weighted by atomic mass is 127. The summed E-state index contributed by atoms with van der Waals surface area (Å²) in [5.41, 5.74) is -0.665. The lowest BCUT2D eigenvalue weighted by atomic mass is 10.2. The maximum absolute atomic E-state index is 11.7. The molecule has 0 saturated carbocycles. The summed E-state index contributed by atoms with van der Waals surface area (Å²) >= 11 is 1.66. The van der Waals surface area contributed by atoms with Crippen molar-refractivity contribution in [2.45, 2.75) is 26.4 Å². The molecule has 0 atom stereocenters. The lowest BCUT2D eigenvalue weighted by Gasteiger charge is -2.19. The van der Waals surface area contributed by atoms with Crippen molar-refractivity contribution in [2.75, 3.05) is 0 Å². The van der Waals surface area contributed by atoms with E-state index in [0.29, 0.717) is 0 Å². The molecule has 0 aliphatic rings. The fourth-order valence-electron chi connectivity index (χ4n) is 0.919. The third kappa shape index (κ3) is 4.35. The Kier molecular flexibility index (Phi) is 4.32. The van der Waals surface area contributed by atoms with Crippen molar-refractivity contribution >= 4 is 34.8 Å². The first-order chi connectivity index (χ1) is 8.19. The van der Waals surface area contributed by atoms with E-state index in [9.17, 15) is 14.9 Å². The lowest BCUT2D eigenvalue weighted by Crippen LogP contribution is -2.28. The van der Waals surface area contributed by atoms with E-state index in [-0.39, 0.29) is 0 Å². The number of rotatable bonds is 1. The van der Waals surface area contributed by atoms with Crippen molar-refractivity contribution in [3.8, 4) is 0 Å². The van der Waals surface area contributed by atoms with Crippen LogP contribution in [0.4, 0.5) is 10.6 Å². The number of hydrogen-bond acceptors (Lipinski definition) is 5. The minimum absolute atomic E-state index is 0.400. The van der Waals surface area contributed by atoms with E-state index in [1.54, 1.807) is 43.6 Å². The molecule has 0 bridgehead atoms. The number of H-pyrrole nitrogens is 1. The highest BCUT2D eigenvalue weighted by molar-refractivity contribution is 14.1. The maximum atomic E-state index is 11.7. The van der Waals surface area contributed by atoms with Gasteiger partial charge in [0.25, 0.3) is 0 Å². The van der Waals surface area contributed by atoms with E-state index < -0.39 is 22.4 Å². The predicted octanol–water partition coefficient (Wildman–Crippen LogP) is 2.03. The van der Waals surface area contributed by atoms with Crippen LogP contribution in [-0.2, 0) is 4.74 Å². The van der Waals surface area contributed by atoms with Gasteiger partial charge >= 0.3 is 11.9 Å². The summed E-state index contributed by atoms with van der Waals surface area (Å²) in [6.07, 6.45) is 0.481. The minimum Gasteiger partial charge on any atom is -0.442 e. The Morgan fingerprint density at radius 1 is 1.61 bits per heavy atom. The number of aromatic amines is 1. The SMILES string of the molecule is CC(C)(C)OC(=O)n1ccc([N+](=O)[O-])nn(I)[nH]1. The summed E-state index contributed by atoms with van der Waals surface area (Å²) in [6.45, 7) is 5.15. The van der Waals surface area contributed by atoms with E-state index in [4.69, 9.17) is 4.74 Å². The highest BCUT2D eigenvalue weighted by Gasteiger charge is 2.18. The van der Waals surface area contributed by atoms with Crippen LogP contribution in [0.1, 0.15) is 20.8 Å². The van der Waals surface area contributed by atoms with Gasteiger partial charge in [0.1, 0.15) is 28.5 Å². The van der Waals surface area contributed by atoms with Crippen molar-refractivity contribution in [1.29, 1.82) is 0 Å². The third-order valence-electron chi connectivity index (χ3n) is 1.53. The van der Waals surface area contributed by atoms with E-state index in [1.165, 1.54) is 6.20 Å². The number of aromatic nitrogens is 4. The highest BCUT2D eigenvalue weighted by Crippen LogP contribution is 2.09. The molecule has 0 amide bonds. The molecule has 1 heterocycles. The number of nitrogens with zero attached hydrogens (tertiary/aromatic N) is 4. The van der Waals surface area contributed by atoms with Gasteiger partial charge in [-0.3, -0.25) is 0 Å². The molecule has 18 heavy (non-hydrogen) atoms. The quantitative estimate of drug-likeness (QED) is 0.463. The second-order valence-electron chi connectivity index (χ2n) is 4.24. The molecule has 0 aromatic carbocycles. The fourth-order valence-corrected chi connectivity index (χ4v) is 1.37. The van der Waals surface area contributed by atoms with Crippen molar-refractivity contribution < 1.29 is 14.5 Å². The zero-order valence-corrected chi connectivity index (χ0v) is 12.1. The zero-order chi connectivity index (χ0) is 13.9. The minimum atomic E-state index is -0.694. The topological polar surface area (TPSA) is 108 Å². The van der Waals surface area contributed by atoms with Gasteiger partial charge < -0.3 is 14.9 Å². The maximum Gasteiger partial charge on any atom is 0.434 e. The molecule has 0 aliphatic heterocycles. The Morgan fingerprint density at radius 2 is 2.22 bits per heavy atom. The molecule has 1 aromatic heterocycles. The summed E-state index contributed by atoms with van der Waals surface area (Å²) in [6, 6.07) is 1.09. The number of nitro groups is 1. The molecule has 1 rings (SSSR count). The number of hydrogen-bond donors (Lipinski definition) is 1. The van der Waals surface area contributed by atoms with E-state index in [1.807, 2.05) is 0 Å². The smallest absolute Gasteiger partial charge is 0.434 e. The van der Waals surface area contributed by atoms with E-state index in [2.05, 4.69) is 10.3 Å². The van der Waals surface area contributed by atoms with Gasteiger partial charge in [-0.05, 0) is 28.7 Å². The number of nitrogens with one attached hydrogen (secondary N) is 1. The third-order valence-corrected chi connectivity index (χ3v) is 1.96. The number of halogens is 1. The van der Waals surface area contributed by atoms with Crippen LogP contribution in [0.25, 0.3) is 0 Å². The largest absolute Gasteiger partial charge is 0.442 e. The molecule has 0 saturated heterocycles. The Bertz CT molecular complexity index is 507. The molecule has 0 aliphatic carbocycles. The van der Waals surface area contributed by atoms with Crippen LogP contribution in [0.2, 0.25) is 0 Å². The second kappa shape index (κ2) is 5.37. The molecule has 0 unspecified atom stereocenters. The zero-order valence-electron chi connectivity index (χ0n) is 9.95. The number of carbonyl (C=O) groups is 1. The molecular weight excluding hydrogens is 357 g/mol. The van der Waals surface area contributed by atoms with Gasteiger partial charge in [0.15, 0.2) is 0 Å². The van der Waals surface area contributed by atoms with E-state index in [0.717, 1.165) is 13.8 Å². The predicted molar refractivity (Wildman–Crippen MR) is 69.9 cm³/mol. The molecule has 1 N–H and O–H groups in total. The van der Waals surface area contributed by atoms with E-state index >= 15 is 0 Å². The van der Waals surface area contributed by atoms with Crippen molar-refractivity contribution in [1.82, 2.24) is 18.0 Å². The Morgan fingerprint density at radius 3 is 2.72 bits per heavy atom. The molecule has 100 valence electrons. The van der Waals surface area contributed by atoms with Gasteiger partial charge in [-0.1, -0.05) is 0 Å². The summed E-state index contributed by atoms with van der Waals surface area (Å²) in [7, 11) is 0. The molecule has 9 nitrogen and oxygen atoms in total. The van der Waals surface area contributed by atoms with Crippen LogP contribution in [0.5, 0.6) is 0 Å². The molecule has 0 radical (unpaired) electrons. The average Bonchev–Trinajstić information content (AvgIpc) is 2.37. The van der Waals surface area contributed by atoms with Gasteiger partial charge in [0.05, 0.1) is 11.2 Å². The van der Waals surface area contributed by atoms with Crippen LogP contribution in [-0.4, -0.2) is 34.6 Å². The Hall–Kier alpha value is -1.59. The first-order valence-corrected chi connectivity index (χ1v) is 5.81. The molecule has 0 spiro atoms. The summed E-state index contributed by atoms with van der Waals surface area (Å²) in [5.74, 6) is -0.400. The monoisotopic (exact) mass is 369 g/mol. The second-order valence-corrected chi connectivity index (χ2v) is 5.16. The van der Waals surface area contributed by atoms with Crippen molar-refractivity contribution in [3.63, 3.8) is 0 Å². The average molecular weight is 369 g/mol. The standard InChI is InChI=1S/C8H12IN5O4/c1-8(2,3)18-7(15)12-5-4-6(13(16)17)10-14(9)11-12/h4-5,11H,1-3H3. The summed E-state index contributed by atoms with van der Waals surface area (Å²) in [5, 5.41) is 16.7. The van der Waals surface area contributed by atoms with Crippen LogP contribution in [0.15, 0.2) is 12.3 Å². The van der Waals surface area contributed by atoms with Gasteiger partial charge in [-0.2, -0.15) is 9.90 Å². The fraction of sp³-hybridized carbons (Fsp3) is 0.500. The van der Waals surface area contributed by atoms with Crippen molar-refractivity contribution in [3.05, 3.63) is 22.4 Å². The van der Waals surface area contributed by atoms with Gasteiger partial charge in [0.2, 0.25) is 0 Å². The Balaban J connectivity index is 3.12. The Labute approximate surface area is 116 Å². The van der Waals surface area contributed by atoms with Crippen LogP contribution in [0, 0.1) is 10.1 Å². The lowest BCUT2D eigenvalue weighted by molar-refractivity contribution is -0.390. The summed E-state index contributed by atoms with van der Waals surface area (Å²) in [4.78, 5) is 21.7. The number of ether oxygens (including phenoxy) is 1. The van der Waals surface area contributed by atoms with Crippen LogP contribution in [0.3, 0.4) is 0 Å². The first-order valence-electron chi connectivity index (χ1n) is 4.84. The van der Waals surface area contributed by atoms with Gasteiger partial charge in [-0.25, -0.2) is 4.79 Å². The summed E-state index contributed by atoms with van der Waals surface area (Å²) < 4.78 is 7.07. The van der Waals surface area contributed by atoms with Gasteiger partial charge in [-0.15, -0.1) is 0 Å². The normalized spacial score (nSPS) is 10.9. The van der Waals surface area contributed by atoms with Crippen LogP contribution < -0.4 is 0 Å². The molecular formula is C8H12IN5O4. The van der Waals surface area contributed by atoms with Gasteiger partial charge in [0, 0.05) is 6.20 Å². The molecule has 0 fully saturated rings. The number of carbonyl (C=O) groups excluding carboxylic acids is 1. The first kappa shape index (κ1) is 14.5. The van der Waals surface area contributed by atoms with Crippen LogP contribution >= 0.6 is 22.9 Å². The van der Waals surface area contributed by atoms with Crippen molar-refractivity contribution in [2.24, 2.45) is 0 Å². The molecule has 1 aromatic rings. The molecule has 10 heteroatoms.